The molecule has 0 radical (unpaired) electrons. The van der Waals surface area contributed by atoms with Gasteiger partial charge in [-0.15, -0.1) is 5.10 Å². The number of nitrogens with one attached hydrogen (secondary N) is 1. The molecule has 7 atom stereocenters. The zero-order chi connectivity index (χ0) is 15.9. The highest BCUT2D eigenvalue weighted by atomic mass is 16.6. The minimum atomic E-state index is -1.47. The first-order valence-electron chi connectivity index (χ1n) is 7.16. The van der Waals surface area contributed by atoms with Crippen molar-refractivity contribution in [2.45, 2.75) is 49.2 Å². The number of aliphatic hydroxyl groups is 5. The van der Waals surface area contributed by atoms with Crippen LogP contribution in [0.4, 0.5) is 0 Å². The fourth-order valence-electron chi connectivity index (χ4n) is 2.85. The molecule has 0 aromatic carbocycles. The van der Waals surface area contributed by atoms with Gasteiger partial charge in [-0.3, -0.25) is 0 Å². The third-order valence-corrected chi connectivity index (χ3v) is 4.16. The second kappa shape index (κ2) is 6.16. The Balaban J connectivity index is 1.80. The number of hydrogen-bond donors (Lipinski definition) is 6. The van der Waals surface area contributed by atoms with Crippen molar-refractivity contribution in [3.05, 3.63) is 11.9 Å². The molecule has 0 saturated carbocycles. The van der Waals surface area contributed by atoms with Gasteiger partial charge in [0.25, 0.3) is 0 Å². The van der Waals surface area contributed by atoms with Crippen LogP contribution in [0.15, 0.2) is 6.20 Å². The minimum Gasteiger partial charge on any atom is -0.394 e. The fourth-order valence-corrected chi connectivity index (χ4v) is 2.85. The van der Waals surface area contributed by atoms with Crippen molar-refractivity contribution in [1.82, 2.24) is 20.3 Å². The van der Waals surface area contributed by atoms with E-state index in [1.165, 1.54) is 10.9 Å². The smallest absolute Gasteiger partial charge is 0.180 e. The van der Waals surface area contributed by atoms with E-state index in [1.54, 1.807) is 0 Å². The van der Waals surface area contributed by atoms with Crippen LogP contribution in [-0.4, -0.2) is 84.2 Å². The molecule has 2 saturated heterocycles. The lowest BCUT2D eigenvalue weighted by Crippen LogP contribution is -2.56. The molecule has 6 N–H and O–H groups in total. The predicted molar refractivity (Wildman–Crippen MR) is 70.4 cm³/mol. The Bertz CT molecular complexity index is 512. The molecule has 10 nitrogen and oxygen atoms in total. The lowest BCUT2D eigenvalue weighted by Gasteiger charge is -2.39. The highest BCUT2D eigenvalue weighted by Gasteiger charge is 2.45. The molecule has 2 fully saturated rings. The fraction of sp³-hybridized carbons (Fsp3) is 0.833. The molecule has 1 aromatic rings. The molecule has 0 bridgehead atoms. The predicted octanol–water partition coefficient (Wildman–Crippen LogP) is -3.35. The Morgan fingerprint density at radius 3 is 2.64 bits per heavy atom. The third-order valence-electron chi connectivity index (χ3n) is 4.16. The lowest BCUT2D eigenvalue weighted by molar-refractivity contribution is -0.254. The van der Waals surface area contributed by atoms with E-state index in [4.69, 9.17) is 4.74 Å². The molecule has 3 heterocycles. The molecule has 124 valence electrons. The number of nitrogens with zero attached hydrogens (tertiary/aromatic N) is 3. The van der Waals surface area contributed by atoms with Gasteiger partial charge in [0.2, 0.25) is 0 Å². The molecule has 10 heteroatoms. The van der Waals surface area contributed by atoms with Crippen molar-refractivity contribution in [3.8, 4) is 0 Å². The van der Waals surface area contributed by atoms with Crippen LogP contribution in [0.1, 0.15) is 24.4 Å². The van der Waals surface area contributed by atoms with Crippen molar-refractivity contribution in [3.63, 3.8) is 0 Å². The number of aromatic nitrogens is 3. The summed E-state index contributed by atoms with van der Waals surface area (Å²) in [4.78, 5) is 0. The number of ether oxygens (including phenoxy) is 1. The highest BCUT2D eigenvalue weighted by molar-refractivity contribution is 5.07. The second-order valence-electron chi connectivity index (χ2n) is 5.63. The maximum Gasteiger partial charge on any atom is 0.180 e. The normalized spacial score (nSPS) is 42.7. The van der Waals surface area contributed by atoms with Crippen molar-refractivity contribution in [2.24, 2.45) is 0 Å². The lowest BCUT2D eigenvalue weighted by atomic mass is 9.98. The van der Waals surface area contributed by atoms with Gasteiger partial charge in [0.1, 0.15) is 30.1 Å². The van der Waals surface area contributed by atoms with E-state index < -0.39 is 43.4 Å². The summed E-state index contributed by atoms with van der Waals surface area (Å²) in [6.07, 6.45) is -4.87. The first kappa shape index (κ1) is 15.7. The summed E-state index contributed by atoms with van der Waals surface area (Å²) in [7, 11) is 0. The molecular weight excluding hydrogens is 296 g/mol. The summed E-state index contributed by atoms with van der Waals surface area (Å²) in [5.41, 5.74) is 0.488. The second-order valence-corrected chi connectivity index (χ2v) is 5.63. The van der Waals surface area contributed by atoms with Gasteiger partial charge in [-0.1, -0.05) is 5.21 Å². The summed E-state index contributed by atoms with van der Waals surface area (Å²) >= 11 is 0. The van der Waals surface area contributed by atoms with E-state index in [1.807, 2.05) is 0 Å². The van der Waals surface area contributed by atoms with Crippen LogP contribution in [0.3, 0.4) is 0 Å². The maximum absolute atomic E-state index is 10.0. The van der Waals surface area contributed by atoms with Gasteiger partial charge in [0, 0.05) is 0 Å². The van der Waals surface area contributed by atoms with E-state index in [0.717, 1.165) is 0 Å². The van der Waals surface area contributed by atoms with E-state index in [0.29, 0.717) is 18.7 Å². The van der Waals surface area contributed by atoms with Crippen LogP contribution in [-0.2, 0) is 4.74 Å². The molecule has 3 unspecified atom stereocenters. The summed E-state index contributed by atoms with van der Waals surface area (Å²) in [5.74, 6) is 0. The molecule has 3 rings (SSSR count). The Kier molecular flexibility index (Phi) is 4.41. The Labute approximate surface area is 125 Å². The topological polar surface area (TPSA) is 153 Å². The first-order chi connectivity index (χ1) is 10.5. The van der Waals surface area contributed by atoms with Gasteiger partial charge in [0.05, 0.1) is 24.9 Å². The largest absolute Gasteiger partial charge is 0.394 e. The van der Waals surface area contributed by atoms with Gasteiger partial charge in [0.15, 0.2) is 6.23 Å². The molecule has 0 amide bonds. The van der Waals surface area contributed by atoms with E-state index in [2.05, 4.69) is 15.6 Å². The molecular formula is C12H20N4O6. The summed E-state index contributed by atoms with van der Waals surface area (Å²) < 4.78 is 6.60. The zero-order valence-corrected chi connectivity index (χ0v) is 11.7. The van der Waals surface area contributed by atoms with Crippen molar-refractivity contribution in [2.75, 3.05) is 13.2 Å². The van der Waals surface area contributed by atoms with Crippen molar-refractivity contribution >= 4 is 0 Å². The van der Waals surface area contributed by atoms with Gasteiger partial charge in [-0.25, -0.2) is 4.68 Å². The first-order valence-corrected chi connectivity index (χ1v) is 7.16. The quantitative estimate of drug-likeness (QED) is 0.336. The maximum atomic E-state index is 10.0. The SMILES string of the molecule is OCC1O[C@@H](n2cc([C@H]3NCC[C@@H]3O)nn2)C(O)C(O)[C@H]1O. The van der Waals surface area contributed by atoms with Gasteiger partial charge < -0.3 is 35.6 Å². The van der Waals surface area contributed by atoms with E-state index in [9.17, 15) is 25.5 Å². The average molecular weight is 316 g/mol. The summed E-state index contributed by atoms with van der Waals surface area (Å²) in [5, 5.41) is 59.5. The molecule has 2 aliphatic rings. The zero-order valence-electron chi connectivity index (χ0n) is 11.7. The van der Waals surface area contributed by atoms with E-state index >= 15 is 0 Å². The number of rotatable bonds is 3. The molecule has 22 heavy (non-hydrogen) atoms. The Hall–Kier alpha value is -1.14. The number of aliphatic hydroxyl groups excluding tert-OH is 5. The Morgan fingerprint density at radius 1 is 1.23 bits per heavy atom. The van der Waals surface area contributed by atoms with Crippen LogP contribution < -0.4 is 5.32 Å². The van der Waals surface area contributed by atoms with Crippen LogP contribution in [0.5, 0.6) is 0 Å². The average Bonchev–Trinajstić information content (AvgIpc) is 3.14. The molecule has 1 aromatic heterocycles. The van der Waals surface area contributed by atoms with Crippen LogP contribution in [0.2, 0.25) is 0 Å². The van der Waals surface area contributed by atoms with Crippen LogP contribution in [0, 0.1) is 0 Å². The van der Waals surface area contributed by atoms with E-state index in [-0.39, 0.29) is 6.04 Å². The third kappa shape index (κ3) is 2.63. The van der Waals surface area contributed by atoms with Gasteiger partial charge in [-0.2, -0.15) is 0 Å². The van der Waals surface area contributed by atoms with Crippen LogP contribution in [0.25, 0.3) is 0 Å². The summed E-state index contributed by atoms with van der Waals surface area (Å²) in [6.45, 7) is 0.157. The Morgan fingerprint density at radius 2 is 2.00 bits per heavy atom. The van der Waals surface area contributed by atoms with Gasteiger partial charge >= 0.3 is 0 Å². The summed E-state index contributed by atoms with van der Waals surface area (Å²) in [6, 6.07) is -0.348. The monoisotopic (exact) mass is 316 g/mol. The minimum absolute atomic E-state index is 0.348. The van der Waals surface area contributed by atoms with Crippen molar-refractivity contribution in [1.29, 1.82) is 0 Å². The van der Waals surface area contributed by atoms with Crippen molar-refractivity contribution < 1.29 is 30.3 Å². The standard InChI is InChI=1S/C12H20N4O6/c17-4-7-9(19)10(20)11(21)12(22-7)16-3-5(14-15-16)8-6(18)1-2-13-8/h3,6-13,17-21H,1-2,4H2/t6-,7?,8+,9-,10?,11?,12+/m0/s1. The molecule has 0 aliphatic carbocycles. The number of hydrogen-bond acceptors (Lipinski definition) is 9. The highest BCUT2D eigenvalue weighted by Crippen LogP contribution is 2.29. The van der Waals surface area contributed by atoms with Gasteiger partial charge in [-0.05, 0) is 13.0 Å². The molecule has 0 spiro atoms. The molecule has 2 aliphatic heterocycles. The van der Waals surface area contributed by atoms with Crippen LogP contribution >= 0.6 is 0 Å².